The molecular formula is C16H26N2O2. The molecule has 0 bridgehead atoms. The van der Waals surface area contributed by atoms with Gasteiger partial charge in [0.1, 0.15) is 0 Å². The smallest absolute Gasteiger partial charge is 0.238 e. The maximum Gasteiger partial charge on any atom is 0.238 e. The van der Waals surface area contributed by atoms with E-state index in [1.165, 1.54) is 0 Å². The topological polar surface area (TPSA) is 50.4 Å². The number of carbonyl (C=O) groups is 1. The van der Waals surface area contributed by atoms with Crippen molar-refractivity contribution in [2.45, 2.75) is 33.7 Å². The van der Waals surface area contributed by atoms with Crippen molar-refractivity contribution in [3.05, 3.63) is 29.8 Å². The lowest BCUT2D eigenvalue weighted by atomic mass is 10.1. The van der Waals surface area contributed by atoms with E-state index < -0.39 is 0 Å². The fraction of sp³-hybridized carbons (Fsp3) is 0.562. The van der Waals surface area contributed by atoms with Crippen molar-refractivity contribution < 1.29 is 9.53 Å². The van der Waals surface area contributed by atoms with E-state index in [-0.39, 0.29) is 11.9 Å². The summed E-state index contributed by atoms with van der Waals surface area (Å²) in [4.78, 5) is 12.0. The predicted octanol–water partition coefficient (Wildman–Crippen LogP) is 2.58. The van der Waals surface area contributed by atoms with Crippen LogP contribution < -0.4 is 10.6 Å². The quantitative estimate of drug-likeness (QED) is 0.768. The molecule has 20 heavy (non-hydrogen) atoms. The number of amides is 1. The second-order valence-electron chi connectivity index (χ2n) is 5.25. The van der Waals surface area contributed by atoms with Crippen molar-refractivity contribution in [1.82, 2.24) is 5.32 Å². The third kappa shape index (κ3) is 5.72. The number of rotatable bonds is 8. The minimum Gasteiger partial charge on any atom is -0.380 e. The third-order valence-corrected chi connectivity index (χ3v) is 3.25. The number of hydrogen-bond donors (Lipinski definition) is 2. The largest absolute Gasteiger partial charge is 0.380 e. The molecule has 1 unspecified atom stereocenters. The molecule has 1 aromatic rings. The van der Waals surface area contributed by atoms with Crippen molar-refractivity contribution >= 4 is 11.6 Å². The number of para-hydroxylation sites is 1. The van der Waals surface area contributed by atoms with Gasteiger partial charge in [0.05, 0.1) is 13.2 Å². The number of ether oxygens (including phenoxy) is 1. The third-order valence-electron chi connectivity index (χ3n) is 3.25. The summed E-state index contributed by atoms with van der Waals surface area (Å²) in [6.07, 6.45) is 0. The van der Waals surface area contributed by atoms with Crippen LogP contribution in [0.1, 0.15) is 26.3 Å². The van der Waals surface area contributed by atoms with E-state index in [1.807, 2.05) is 38.1 Å². The lowest BCUT2D eigenvalue weighted by Gasteiger charge is -2.22. The maximum absolute atomic E-state index is 12.0. The standard InChI is InChI=1S/C16H26N2O2/c1-5-20-11-15(12(2)3)17-10-16(19)18-14-9-7-6-8-13(14)4/h6-9,12,15,17H,5,10-11H2,1-4H3,(H,18,19). The molecule has 0 aliphatic rings. The van der Waals surface area contributed by atoms with Crippen LogP contribution in [0.3, 0.4) is 0 Å². The van der Waals surface area contributed by atoms with E-state index in [4.69, 9.17) is 4.74 Å². The molecule has 0 aliphatic heterocycles. The Balaban J connectivity index is 2.43. The summed E-state index contributed by atoms with van der Waals surface area (Å²) in [7, 11) is 0. The molecule has 0 heterocycles. The highest BCUT2D eigenvalue weighted by atomic mass is 16.5. The van der Waals surface area contributed by atoms with Crippen LogP contribution in [-0.2, 0) is 9.53 Å². The van der Waals surface area contributed by atoms with Crippen LogP contribution in [-0.4, -0.2) is 31.7 Å². The van der Waals surface area contributed by atoms with Crippen molar-refractivity contribution in [3.63, 3.8) is 0 Å². The van der Waals surface area contributed by atoms with Crippen LogP contribution in [0.2, 0.25) is 0 Å². The Bertz CT molecular complexity index is 419. The zero-order valence-electron chi connectivity index (χ0n) is 12.9. The van der Waals surface area contributed by atoms with Crippen molar-refractivity contribution in [3.8, 4) is 0 Å². The molecular weight excluding hydrogens is 252 g/mol. The van der Waals surface area contributed by atoms with E-state index in [1.54, 1.807) is 0 Å². The molecule has 0 aliphatic carbocycles. The molecule has 1 amide bonds. The van der Waals surface area contributed by atoms with E-state index in [0.29, 0.717) is 25.7 Å². The number of anilines is 1. The van der Waals surface area contributed by atoms with E-state index >= 15 is 0 Å². The Hall–Kier alpha value is -1.39. The van der Waals surface area contributed by atoms with Gasteiger partial charge in [0.15, 0.2) is 0 Å². The van der Waals surface area contributed by atoms with Gasteiger partial charge in [0.2, 0.25) is 5.91 Å². The summed E-state index contributed by atoms with van der Waals surface area (Å²) >= 11 is 0. The highest BCUT2D eigenvalue weighted by Crippen LogP contribution is 2.12. The molecule has 0 saturated heterocycles. The second-order valence-corrected chi connectivity index (χ2v) is 5.25. The van der Waals surface area contributed by atoms with Gasteiger partial charge in [0.25, 0.3) is 0 Å². The molecule has 0 fully saturated rings. The predicted molar refractivity (Wildman–Crippen MR) is 82.9 cm³/mol. The summed E-state index contributed by atoms with van der Waals surface area (Å²) in [6, 6.07) is 7.96. The van der Waals surface area contributed by atoms with Crippen LogP contribution in [0, 0.1) is 12.8 Å². The van der Waals surface area contributed by atoms with E-state index in [9.17, 15) is 4.79 Å². The Labute approximate surface area is 121 Å². The molecule has 1 rings (SSSR count). The van der Waals surface area contributed by atoms with Gasteiger partial charge in [-0.1, -0.05) is 32.0 Å². The van der Waals surface area contributed by atoms with Gasteiger partial charge in [0, 0.05) is 18.3 Å². The number of carbonyl (C=O) groups excluding carboxylic acids is 1. The van der Waals surface area contributed by atoms with Crippen LogP contribution in [0.15, 0.2) is 24.3 Å². The van der Waals surface area contributed by atoms with Crippen LogP contribution in [0.5, 0.6) is 0 Å². The van der Waals surface area contributed by atoms with Crippen molar-refractivity contribution in [2.75, 3.05) is 25.1 Å². The minimum atomic E-state index is -0.0264. The second kappa shape index (κ2) is 8.72. The molecule has 1 aromatic carbocycles. The summed E-state index contributed by atoms with van der Waals surface area (Å²) in [6.45, 7) is 9.82. The zero-order chi connectivity index (χ0) is 15.0. The van der Waals surface area contributed by atoms with Crippen molar-refractivity contribution in [2.24, 2.45) is 5.92 Å². The molecule has 4 nitrogen and oxygen atoms in total. The Kier molecular flexibility index (Phi) is 7.26. The summed E-state index contributed by atoms with van der Waals surface area (Å²) in [5.74, 6) is 0.397. The lowest BCUT2D eigenvalue weighted by molar-refractivity contribution is -0.115. The average Bonchev–Trinajstić information content (AvgIpc) is 2.41. The van der Waals surface area contributed by atoms with E-state index in [0.717, 1.165) is 11.3 Å². The molecule has 0 spiro atoms. The molecule has 0 aromatic heterocycles. The van der Waals surface area contributed by atoms with Crippen LogP contribution >= 0.6 is 0 Å². The Morgan fingerprint density at radius 3 is 2.60 bits per heavy atom. The highest BCUT2D eigenvalue weighted by molar-refractivity contribution is 5.92. The van der Waals surface area contributed by atoms with Gasteiger partial charge in [-0.25, -0.2) is 0 Å². The molecule has 112 valence electrons. The fourth-order valence-electron chi connectivity index (χ4n) is 1.86. The van der Waals surface area contributed by atoms with Gasteiger partial charge in [-0.05, 0) is 31.4 Å². The number of hydrogen-bond acceptors (Lipinski definition) is 3. The van der Waals surface area contributed by atoms with Crippen LogP contribution in [0.4, 0.5) is 5.69 Å². The molecule has 4 heteroatoms. The SMILES string of the molecule is CCOCC(NCC(=O)Nc1ccccc1C)C(C)C. The normalized spacial score (nSPS) is 12.4. The monoisotopic (exact) mass is 278 g/mol. The van der Waals surface area contributed by atoms with Gasteiger partial charge in [-0.15, -0.1) is 0 Å². The van der Waals surface area contributed by atoms with Gasteiger partial charge in [-0.2, -0.15) is 0 Å². The average molecular weight is 278 g/mol. The number of benzene rings is 1. The molecule has 2 N–H and O–H groups in total. The first-order valence-electron chi connectivity index (χ1n) is 7.21. The van der Waals surface area contributed by atoms with Gasteiger partial charge < -0.3 is 15.4 Å². The first kappa shape index (κ1) is 16.7. The van der Waals surface area contributed by atoms with Gasteiger partial charge >= 0.3 is 0 Å². The zero-order valence-corrected chi connectivity index (χ0v) is 12.9. The lowest BCUT2D eigenvalue weighted by Crippen LogP contribution is -2.42. The van der Waals surface area contributed by atoms with Crippen molar-refractivity contribution in [1.29, 1.82) is 0 Å². The highest BCUT2D eigenvalue weighted by Gasteiger charge is 2.14. The van der Waals surface area contributed by atoms with Crippen LogP contribution in [0.25, 0.3) is 0 Å². The fourth-order valence-corrected chi connectivity index (χ4v) is 1.86. The molecule has 0 radical (unpaired) electrons. The maximum atomic E-state index is 12.0. The molecule has 1 atom stereocenters. The van der Waals surface area contributed by atoms with E-state index in [2.05, 4.69) is 24.5 Å². The number of nitrogens with one attached hydrogen (secondary N) is 2. The Morgan fingerprint density at radius 2 is 2.00 bits per heavy atom. The number of aryl methyl sites for hydroxylation is 1. The summed E-state index contributed by atoms with van der Waals surface area (Å²) in [5.41, 5.74) is 1.93. The first-order chi connectivity index (χ1) is 9.54. The summed E-state index contributed by atoms with van der Waals surface area (Å²) < 4.78 is 5.43. The molecule has 0 saturated carbocycles. The summed E-state index contributed by atoms with van der Waals surface area (Å²) in [5, 5.41) is 6.17. The Morgan fingerprint density at radius 1 is 1.30 bits per heavy atom. The first-order valence-corrected chi connectivity index (χ1v) is 7.21. The van der Waals surface area contributed by atoms with Gasteiger partial charge in [-0.3, -0.25) is 4.79 Å². The minimum absolute atomic E-state index is 0.0264.